The number of nitrogens with two attached hydrogens (primary N) is 1. The van der Waals surface area contributed by atoms with Crippen molar-refractivity contribution in [3.8, 4) is 0 Å². The molecule has 2 rings (SSSR count). The number of alkyl halides is 1. The molecule has 0 unspecified atom stereocenters. The van der Waals surface area contributed by atoms with Crippen LogP contribution in [0.25, 0.3) is 0 Å². The van der Waals surface area contributed by atoms with Crippen LogP contribution in [0.15, 0.2) is 21.9 Å². The molecule has 1 aliphatic rings. The Morgan fingerprint density at radius 3 is 2.02 bits per heavy atom. The van der Waals surface area contributed by atoms with E-state index >= 15 is 4.39 Å². The molecule has 2 N–H and O–H groups in total. The van der Waals surface area contributed by atoms with E-state index in [1.165, 1.54) is 27.7 Å². The lowest BCUT2D eigenvalue weighted by atomic mass is 10.0. The third kappa shape index (κ3) is 8.52. The third-order valence-corrected chi connectivity index (χ3v) is 7.19. The van der Waals surface area contributed by atoms with Crippen LogP contribution < -0.4 is 17.0 Å². The van der Waals surface area contributed by atoms with Gasteiger partial charge in [0.05, 0.1) is 17.8 Å². The first-order valence-corrected chi connectivity index (χ1v) is 14.7. The van der Waals surface area contributed by atoms with Gasteiger partial charge in [-0.3, -0.25) is 28.5 Å². The number of halogens is 1. The molecule has 0 aliphatic carbocycles. The van der Waals surface area contributed by atoms with Crippen LogP contribution in [-0.2, 0) is 49.6 Å². The molecule has 0 spiro atoms. The van der Waals surface area contributed by atoms with Gasteiger partial charge in [0.15, 0.2) is 25.7 Å². The first-order valence-electron chi connectivity index (χ1n) is 14.7. The van der Waals surface area contributed by atoms with Gasteiger partial charge in [-0.25, -0.2) is 13.8 Å². The summed E-state index contributed by atoms with van der Waals surface area (Å²) in [6, 6.07) is -0.178. The second-order valence-corrected chi connectivity index (χ2v) is 11.6. The highest BCUT2D eigenvalue weighted by Crippen LogP contribution is 2.42. The van der Waals surface area contributed by atoms with Crippen molar-refractivity contribution in [2.75, 3.05) is 6.61 Å². The van der Waals surface area contributed by atoms with E-state index in [0.29, 0.717) is 17.4 Å². The molecule has 0 bridgehead atoms. The number of nitrogens with zero attached hydrogens (tertiary/aromatic N) is 2. The Morgan fingerprint density at radius 2 is 1.50 bits per heavy atom. The third-order valence-electron chi connectivity index (χ3n) is 7.19. The average Bonchev–Trinajstić information content (AvgIpc) is 3.22. The fourth-order valence-electron chi connectivity index (χ4n) is 4.12. The van der Waals surface area contributed by atoms with Gasteiger partial charge in [0.2, 0.25) is 6.10 Å². The van der Waals surface area contributed by atoms with Crippen molar-refractivity contribution in [1.82, 2.24) is 9.13 Å². The Bertz CT molecular complexity index is 1300. The molecule has 44 heavy (non-hydrogen) atoms. The van der Waals surface area contributed by atoms with Crippen molar-refractivity contribution in [3.63, 3.8) is 0 Å². The Morgan fingerprint density at radius 1 is 0.932 bits per heavy atom. The molecule has 0 saturated carbocycles. The summed E-state index contributed by atoms with van der Waals surface area (Å²) in [5.74, 6) is -8.78. The number of esters is 4. The van der Waals surface area contributed by atoms with E-state index in [-0.39, 0.29) is 5.92 Å². The largest absolute Gasteiger partial charge is 0.458 e. The molecule has 0 amide bonds. The molecule has 15 heteroatoms. The second kappa shape index (κ2) is 15.4. The number of hydrogen-bond acceptors (Lipinski definition) is 12. The summed E-state index contributed by atoms with van der Waals surface area (Å²) in [5.41, 5.74) is 3.87. The Hall–Kier alpha value is -3.59. The molecule has 1 aliphatic heterocycles. The van der Waals surface area contributed by atoms with E-state index in [1.807, 2.05) is 0 Å². The maximum Gasteiger partial charge on any atom is 0.336 e. The molecule has 248 valence electrons. The van der Waals surface area contributed by atoms with Gasteiger partial charge in [0.1, 0.15) is 6.04 Å². The summed E-state index contributed by atoms with van der Waals surface area (Å²) in [4.78, 5) is 76.4. The monoisotopic (exact) mass is 629 g/mol. The van der Waals surface area contributed by atoms with Gasteiger partial charge in [-0.15, -0.1) is 0 Å². The van der Waals surface area contributed by atoms with Crippen LogP contribution in [0.1, 0.15) is 74.5 Å². The Kier molecular flexibility index (Phi) is 12.8. The predicted octanol–water partition coefficient (Wildman–Crippen LogP) is 1.80. The van der Waals surface area contributed by atoms with Crippen LogP contribution in [-0.4, -0.2) is 63.7 Å². The zero-order chi connectivity index (χ0) is 33.5. The molecule has 1 saturated heterocycles. The van der Waals surface area contributed by atoms with Gasteiger partial charge in [-0.1, -0.05) is 55.4 Å². The van der Waals surface area contributed by atoms with Crippen molar-refractivity contribution in [2.45, 2.75) is 105 Å². The van der Waals surface area contributed by atoms with Gasteiger partial charge < -0.3 is 29.4 Å². The molecular weight excluding hydrogens is 585 g/mol. The first-order chi connectivity index (χ1) is 20.5. The molecule has 5 atom stereocenters. The van der Waals surface area contributed by atoms with Gasteiger partial charge in [-0.05, 0) is 18.8 Å². The van der Waals surface area contributed by atoms with Crippen LogP contribution in [0, 0.1) is 23.7 Å². The first kappa shape index (κ1) is 36.6. The van der Waals surface area contributed by atoms with Crippen molar-refractivity contribution in [3.05, 3.63) is 33.1 Å². The molecule has 1 fully saturated rings. The number of carbonyl (C=O) groups excluding carboxylic acids is 4. The minimum Gasteiger partial charge on any atom is -0.458 e. The quantitative estimate of drug-likeness (QED) is 0.233. The van der Waals surface area contributed by atoms with E-state index in [2.05, 4.69) is 0 Å². The summed E-state index contributed by atoms with van der Waals surface area (Å²) in [7, 11) is 0. The second-order valence-electron chi connectivity index (χ2n) is 11.6. The van der Waals surface area contributed by atoms with Crippen molar-refractivity contribution in [2.24, 2.45) is 29.4 Å². The summed E-state index contributed by atoms with van der Waals surface area (Å²) in [5, 5.41) is 0. The number of hydrogen-bond donors (Lipinski definition) is 1. The maximum absolute atomic E-state index is 16.7. The topological polar surface area (TPSA) is 184 Å². The van der Waals surface area contributed by atoms with Gasteiger partial charge in [-0.2, -0.15) is 0 Å². The number of ether oxygens (including phenoxy) is 5. The van der Waals surface area contributed by atoms with Gasteiger partial charge in [0, 0.05) is 12.3 Å². The molecule has 14 nitrogen and oxygen atoms in total. The SMILES string of the molecule is CCC(CC)C(=O)OCn1c(=O)ccn([C@@H]2O[C@](F)(COC(=O)[C@@H](N)C(C)C)[C@@H](OC(=O)C(C)C)[C@H]2OC(=O)C(C)C)c1=O. The molecule has 0 aromatic carbocycles. The van der Waals surface area contributed by atoms with E-state index in [0.717, 1.165) is 16.8 Å². The normalized spacial score (nSPS) is 22.4. The highest BCUT2D eigenvalue weighted by molar-refractivity contribution is 5.76. The Labute approximate surface area is 254 Å². The standard InChI is InChI=1S/C29H44FN3O11/c1-9-18(10-2)26(37)41-14-33-19(34)11-12-32(28(33)39)23-21(42-24(35)16(5)6)22(43-25(36)17(7)8)29(30,44-23)13-40-27(38)20(31)15(3)4/h11-12,15-18,20-23H,9-10,13-14,31H2,1-8H3/t20-,21+,22-,23+,29+/m0/s1. The lowest BCUT2D eigenvalue weighted by molar-refractivity contribution is -0.226. The smallest absolute Gasteiger partial charge is 0.336 e. The average molecular weight is 630 g/mol. The summed E-state index contributed by atoms with van der Waals surface area (Å²) < 4.78 is 44.8. The summed E-state index contributed by atoms with van der Waals surface area (Å²) in [6.07, 6.45) is -3.70. The van der Waals surface area contributed by atoms with Gasteiger partial charge >= 0.3 is 29.6 Å². The van der Waals surface area contributed by atoms with E-state index in [1.54, 1.807) is 27.7 Å². The van der Waals surface area contributed by atoms with Crippen molar-refractivity contribution in [1.29, 1.82) is 0 Å². The maximum atomic E-state index is 16.7. The summed E-state index contributed by atoms with van der Waals surface area (Å²) >= 11 is 0. The molecule has 2 heterocycles. The van der Waals surface area contributed by atoms with E-state index in [4.69, 9.17) is 29.4 Å². The van der Waals surface area contributed by atoms with E-state index in [9.17, 15) is 28.8 Å². The fourth-order valence-corrected chi connectivity index (χ4v) is 4.12. The highest BCUT2D eigenvalue weighted by atomic mass is 19.2. The minimum atomic E-state index is -3.13. The molecular formula is C29H44FN3O11. The van der Waals surface area contributed by atoms with Crippen molar-refractivity contribution >= 4 is 23.9 Å². The highest BCUT2D eigenvalue weighted by Gasteiger charge is 2.62. The van der Waals surface area contributed by atoms with Gasteiger partial charge in [0.25, 0.3) is 11.4 Å². The van der Waals surface area contributed by atoms with Crippen LogP contribution in [0.2, 0.25) is 0 Å². The van der Waals surface area contributed by atoms with E-state index < -0.39 is 96.6 Å². The molecule has 1 aromatic rings. The molecule has 0 radical (unpaired) electrons. The number of rotatable bonds is 14. The summed E-state index contributed by atoms with van der Waals surface area (Å²) in [6.45, 7) is 10.9. The van der Waals surface area contributed by atoms with Crippen LogP contribution in [0.3, 0.4) is 0 Å². The number of aromatic nitrogens is 2. The lowest BCUT2D eigenvalue weighted by Crippen LogP contribution is -2.50. The lowest BCUT2D eigenvalue weighted by Gasteiger charge is -2.28. The fraction of sp³-hybridized carbons (Fsp3) is 0.724. The minimum absolute atomic E-state index is 0.358. The van der Waals surface area contributed by atoms with Crippen LogP contribution in [0.5, 0.6) is 0 Å². The zero-order valence-corrected chi connectivity index (χ0v) is 26.4. The number of carbonyl (C=O) groups is 4. The van der Waals surface area contributed by atoms with Crippen molar-refractivity contribution < 1.29 is 47.3 Å². The van der Waals surface area contributed by atoms with Crippen LogP contribution >= 0.6 is 0 Å². The predicted molar refractivity (Wildman–Crippen MR) is 152 cm³/mol. The molecule has 1 aromatic heterocycles. The zero-order valence-electron chi connectivity index (χ0n) is 26.4. The Balaban J connectivity index is 2.62. The van der Waals surface area contributed by atoms with Crippen LogP contribution in [0.4, 0.5) is 4.39 Å².